The van der Waals surface area contributed by atoms with E-state index < -0.39 is 24.0 Å². The molecule has 6 rings (SSSR count). The number of aromatic nitrogens is 5. The number of imidazole rings is 1. The molecule has 2 aliphatic rings. The molecule has 3 aromatic heterocycles. The lowest BCUT2D eigenvalue weighted by atomic mass is 9.73. The van der Waals surface area contributed by atoms with E-state index in [0.29, 0.717) is 29.8 Å². The van der Waals surface area contributed by atoms with Crippen molar-refractivity contribution in [1.29, 1.82) is 0 Å². The highest BCUT2D eigenvalue weighted by atomic mass is 79.9. The molecule has 1 spiro atoms. The zero-order chi connectivity index (χ0) is 22.0. The first kappa shape index (κ1) is 19.8. The second-order valence-corrected chi connectivity index (χ2v) is 9.16. The minimum atomic E-state index is -1.15. The van der Waals surface area contributed by atoms with Gasteiger partial charge in [0.05, 0.1) is 11.8 Å². The van der Waals surface area contributed by atoms with Gasteiger partial charge in [-0.2, -0.15) is 0 Å². The number of fused-ring (bicyclic) bond motifs is 2. The highest BCUT2D eigenvalue weighted by Crippen LogP contribution is 2.50. The van der Waals surface area contributed by atoms with Crippen LogP contribution in [0, 0.1) is 0 Å². The van der Waals surface area contributed by atoms with Gasteiger partial charge in [0.2, 0.25) is 0 Å². The smallest absolute Gasteiger partial charge is 0.167 e. The Bertz CT molecular complexity index is 1340. The summed E-state index contributed by atoms with van der Waals surface area (Å²) in [6.07, 6.45) is 2.24. The fraction of sp³-hybridized carbons (Fsp3) is 0.333. The van der Waals surface area contributed by atoms with Crippen LogP contribution in [0.3, 0.4) is 0 Å². The van der Waals surface area contributed by atoms with Crippen LogP contribution >= 0.6 is 15.9 Å². The lowest BCUT2D eigenvalue weighted by molar-refractivity contribution is -0.182. The average Bonchev–Trinajstić information content (AvgIpc) is 3.29. The molecule has 11 heteroatoms. The Morgan fingerprint density at radius 2 is 2.00 bits per heavy atom. The SMILES string of the molecule is Nc1ncnc2c1ncn2[C@@H]1OC2(CC(Oc3ccc4cc(Br)cnc4c3)C2)[C@@H](O)[C@H]1O. The molecule has 164 valence electrons. The number of hydrogen-bond donors (Lipinski definition) is 3. The first-order valence-corrected chi connectivity index (χ1v) is 10.9. The van der Waals surface area contributed by atoms with Crippen molar-refractivity contribution in [3.8, 4) is 5.75 Å². The van der Waals surface area contributed by atoms with Gasteiger partial charge in [-0.05, 0) is 34.1 Å². The molecule has 4 heterocycles. The van der Waals surface area contributed by atoms with Crippen LogP contribution in [-0.4, -0.2) is 58.6 Å². The molecule has 1 aromatic carbocycles. The topological polar surface area (TPSA) is 141 Å². The molecule has 32 heavy (non-hydrogen) atoms. The standard InChI is InChI=1S/C21H19BrN6O4/c22-11-3-10-1-2-12(4-14(10)24-7-11)31-13-5-21(6-13)17(30)16(29)20(32-21)28-9-27-15-18(23)25-8-26-19(15)28/h1-4,7-9,13,16-17,20,29-30H,5-6H2,(H2,23,25,26)/t13?,16-,17+,20-,21?/m1/s1. The molecular weight excluding hydrogens is 480 g/mol. The summed E-state index contributed by atoms with van der Waals surface area (Å²) in [5.74, 6) is 0.940. The molecule has 4 N–H and O–H groups in total. The predicted molar refractivity (Wildman–Crippen MR) is 118 cm³/mol. The quantitative estimate of drug-likeness (QED) is 0.386. The summed E-state index contributed by atoms with van der Waals surface area (Å²) in [5, 5.41) is 22.5. The maximum atomic E-state index is 10.8. The summed E-state index contributed by atoms with van der Waals surface area (Å²) < 4.78 is 14.8. The lowest BCUT2D eigenvalue weighted by Crippen LogP contribution is -2.57. The number of anilines is 1. The number of nitrogens with zero attached hydrogens (tertiary/aromatic N) is 5. The molecule has 0 bridgehead atoms. The predicted octanol–water partition coefficient (Wildman–Crippen LogP) is 1.95. The first-order chi connectivity index (χ1) is 15.4. The third-order valence-corrected chi connectivity index (χ3v) is 6.68. The minimum absolute atomic E-state index is 0.152. The van der Waals surface area contributed by atoms with E-state index in [1.54, 1.807) is 10.8 Å². The average molecular weight is 499 g/mol. The van der Waals surface area contributed by atoms with E-state index in [0.717, 1.165) is 15.4 Å². The van der Waals surface area contributed by atoms with Gasteiger partial charge in [-0.25, -0.2) is 15.0 Å². The maximum Gasteiger partial charge on any atom is 0.167 e. The minimum Gasteiger partial charge on any atom is -0.490 e. The summed E-state index contributed by atoms with van der Waals surface area (Å²) in [6, 6.07) is 7.73. The van der Waals surface area contributed by atoms with E-state index in [4.69, 9.17) is 15.2 Å². The van der Waals surface area contributed by atoms with Crippen molar-refractivity contribution < 1.29 is 19.7 Å². The van der Waals surface area contributed by atoms with E-state index in [1.807, 2.05) is 24.3 Å². The highest BCUT2D eigenvalue weighted by molar-refractivity contribution is 9.10. The third kappa shape index (κ3) is 2.96. The van der Waals surface area contributed by atoms with Crippen molar-refractivity contribution in [1.82, 2.24) is 24.5 Å². The summed E-state index contributed by atoms with van der Waals surface area (Å²) in [7, 11) is 0. The molecule has 1 aliphatic carbocycles. The van der Waals surface area contributed by atoms with Crippen LogP contribution in [0.5, 0.6) is 5.75 Å². The first-order valence-electron chi connectivity index (χ1n) is 10.1. The summed E-state index contributed by atoms with van der Waals surface area (Å²) in [4.78, 5) is 16.8. The van der Waals surface area contributed by atoms with Crippen molar-refractivity contribution in [3.05, 3.63) is 47.6 Å². The van der Waals surface area contributed by atoms with Crippen LogP contribution < -0.4 is 10.5 Å². The molecule has 10 nitrogen and oxygen atoms in total. The van der Waals surface area contributed by atoms with E-state index in [-0.39, 0.29) is 11.9 Å². The van der Waals surface area contributed by atoms with Gasteiger partial charge in [0, 0.05) is 35.0 Å². The van der Waals surface area contributed by atoms with Gasteiger partial charge in [-0.3, -0.25) is 9.55 Å². The van der Waals surface area contributed by atoms with Gasteiger partial charge in [-0.15, -0.1) is 0 Å². The van der Waals surface area contributed by atoms with Crippen LogP contribution in [-0.2, 0) is 4.74 Å². The molecular formula is C21H19BrN6O4. The largest absolute Gasteiger partial charge is 0.490 e. The number of benzene rings is 1. The molecule has 0 amide bonds. The number of aliphatic hydroxyl groups excluding tert-OH is 2. The van der Waals surface area contributed by atoms with Gasteiger partial charge in [0.1, 0.15) is 41.5 Å². The Morgan fingerprint density at radius 1 is 1.16 bits per heavy atom. The van der Waals surface area contributed by atoms with Gasteiger partial charge in [-0.1, -0.05) is 0 Å². The van der Waals surface area contributed by atoms with Crippen LogP contribution in [0.2, 0.25) is 0 Å². The molecule has 1 saturated carbocycles. The van der Waals surface area contributed by atoms with Crippen molar-refractivity contribution in [3.63, 3.8) is 0 Å². The number of aliphatic hydroxyl groups is 2. The Balaban J connectivity index is 1.20. The Kier molecular flexibility index (Phi) is 4.37. The monoisotopic (exact) mass is 498 g/mol. The summed E-state index contributed by atoms with van der Waals surface area (Å²) in [5.41, 5.74) is 6.65. The molecule has 0 unspecified atom stereocenters. The van der Waals surface area contributed by atoms with Crippen LogP contribution in [0.1, 0.15) is 19.1 Å². The van der Waals surface area contributed by atoms with Gasteiger partial charge in [0.15, 0.2) is 17.7 Å². The second kappa shape index (κ2) is 7.07. The number of hydrogen-bond acceptors (Lipinski definition) is 9. The lowest BCUT2D eigenvalue weighted by Gasteiger charge is -2.45. The van der Waals surface area contributed by atoms with Crippen LogP contribution in [0.4, 0.5) is 5.82 Å². The van der Waals surface area contributed by atoms with Crippen molar-refractivity contribution in [2.45, 2.75) is 43.0 Å². The highest BCUT2D eigenvalue weighted by Gasteiger charge is 2.62. The molecule has 4 aromatic rings. The molecule has 1 saturated heterocycles. The summed E-state index contributed by atoms with van der Waals surface area (Å²) >= 11 is 3.42. The van der Waals surface area contributed by atoms with Crippen LogP contribution in [0.15, 0.2) is 47.6 Å². The van der Waals surface area contributed by atoms with E-state index >= 15 is 0 Å². The van der Waals surface area contributed by atoms with Crippen molar-refractivity contribution >= 4 is 43.8 Å². The zero-order valence-electron chi connectivity index (χ0n) is 16.7. The van der Waals surface area contributed by atoms with Gasteiger partial charge < -0.3 is 25.4 Å². The van der Waals surface area contributed by atoms with Gasteiger partial charge in [0.25, 0.3) is 0 Å². The van der Waals surface area contributed by atoms with E-state index in [2.05, 4.69) is 35.9 Å². The zero-order valence-corrected chi connectivity index (χ0v) is 18.3. The Morgan fingerprint density at radius 3 is 2.84 bits per heavy atom. The van der Waals surface area contributed by atoms with Crippen LogP contribution in [0.25, 0.3) is 22.1 Å². The number of ether oxygens (including phenoxy) is 2. The normalized spacial score (nSPS) is 29.6. The van der Waals surface area contributed by atoms with E-state index in [1.165, 1.54) is 12.7 Å². The Labute approximate surface area is 190 Å². The molecule has 0 radical (unpaired) electrons. The second-order valence-electron chi connectivity index (χ2n) is 8.25. The molecule has 2 fully saturated rings. The van der Waals surface area contributed by atoms with Crippen molar-refractivity contribution in [2.24, 2.45) is 0 Å². The number of pyridine rings is 1. The Hall–Kier alpha value is -2.86. The molecule has 1 aliphatic heterocycles. The number of rotatable bonds is 3. The maximum absolute atomic E-state index is 10.8. The van der Waals surface area contributed by atoms with Gasteiger partial charge >= 0.3 is 0 Å². The number of halogens is 1. The number of nitrogen functional groups attached to an aromatic ring is 1. The molecule has 3 atom stereocenters. The summed E-state index contributed by atoms with van der Waals surface area (Å²) in [6.45, 7) is 0. The number of nitrogens with two attached hydrogens (primary N) is 1. The van der Waals surface area contributed by atoms with E-state index in [9.17, 15) is 10.2 Å². The fourth-order valence-electron chi connectivity index (χ4n) is 4.60. The third-order valence-electron chi connectivity index (χ3n) is 6.24. The van der Waals surface area contributed by atoms with Crippen molar-refractivity contribution in [2.75, 3.05) is 5.73 Å². The fourth-order valence-corrected chi connectivity index (χ4v) is 4.95.